The van der Waals surface area contributed by atoms with E-state index in [1.807, 2.05) is 13.8 Å². The van der Waals surface area contributed by atoms with Gasteiger partial charge in [0, 0.05) is 6.07 Å². The van der Waals surface area contributed by atoms with Crippen LogP contribution in [0.4, 0.5) is 8.78 Å². The highest BCUT2D eigenvalue weighted by molar-refractivity contribution is 5.97. The average molecular weight is 270 g/mol. The molecule has 0 fully saturated rings. The van der Waals surface area contributed by atoms with Gasteiger partial charge in [-0.3, -0.25) is 9.59 Å². The average Bonchev–Trinajstić information content (AvgIpc) is 2.26. The topological polar surface area (TPSA) is 72.2 Å². The quantitative estimate of drug-likeness (QED) is 0.853. The SMILES string of the molecule is CC(C)C[C@H](NC(=O)c1ccc(F)cc1F)C(N)=O. The van der Waals surface area contributed by atoms with Crippen LogP contribution in [0.5, 0.6) is 0 Å². The Labute approximate surface area is 110 Å². The summed E-state index contributed by atoms with van der Waals surface area (Å²) < 4.78 is 26.1. The molecule has 0 spiro atoms. The maximum absolute atomic E-state index is 13.4. The maximum atomic E-state index is 13.4. The van der Waals surface area contributed by atoms with Crippen LogP contribution in [0.1, 0.15) is 30.6 Å². The summed E-state index contributed by atoms with van der Waals surface area (Å²) in [6, 6.07) is 1.72. The molecule has 1 aromatic rings. The van der Waals surface area contributed by atoms with Crippen molar-refractivity contribution < 1.29 is 18.4 Å². The molecule has 6 heteroatoms. The van der Waals surface area contributed by atoms with E-state index < -0.39 is 29.5 Å². The summed E-state index contributed by atoms with van der Waals surface area (Å²) in [6.45, 7) is 3.72. The number of halogens is 2. The number of hydrogen-bond acceptors (Lipinski definition) is 2. The van der Waals surface area contributed by atoms with Crippen LogP contribution in [-0.2, 0) is 4.79 Å². The summed E-state index contributed by atoms with van der Waals surface area (Å²) >= 11 is 0. The van der Waals surface area contributed by atoms with E-state index in [9.17, 15) is 18.4 Å². The van der Waals surface area contributed by atoms with E-state index in [1.165, 1.54) is 0 Å². The number of rotatable bonds is 5. The second-order valence-electron chi connectivity index (χ2n) is 4.68. The first-order valence-corrected chi connectivity index (χ1v) is 5.86. The first-order chi connectivity index (χ1) is 8.81. The standard InChI is InChI=1S/C13H16F2N2O2/c1-7(2)5-11(12(16)18)17-13(19)9-4-3-8(14)6-10(9)15/h3-4,6-7,11H,5H2,1-2H3,(H2,16,18)(H,17,19)/t11-/m0/s1. The van der Waals surface area contributed by atoms with E-state index >= 15 is 0 Å². The Bertz CT molecular complexity index is 490. The summed E-state index contributed by atoms with van der Waals surface area (Å²) in [5.41, 5.74) is 4.84. The third-order valence-corrected chi connectivity index (χ3v) is 2.53. The lowest BCUT2D eigenvalue weighted by Crippen LogP contribution is -2.45. The number of hydrogen-bond donors (Lipinski definition) is 2. The first kappa shape index (κ1) is 15.1. The maximum Gasteiger partial charge on any atom is 0.254 e. The van der Waals surface area contributed by atoms with Gasteiger partial charge >= 0.3 is 0 Å². The van der Waals surface area contributed by atoms with Crippen molar-refractivity contribution in [1.82, 2.24) is 5.32 Å². The molecular formula is C13H16F2N2O2. The molecular weight excluding hydrogens is 254 g/mol. The van der Waals surface area contributed by atoms with E-state index in [0.29, 0.717) is 12.5 Å². The normalized spacial score (nSPS) is 12.3. The number of amides is 2. The molecule has 0 heterocycles. The molecule has 1 aromatic carbocycles. The molecule has 0 saturated heterocycles. The van der Waals surface area contributed by atoms with Gasteiger partial charge in [-0.05, 0) is 24.5 Å². The van der Waals surface area contributed by atoms with Gasteiger partial charge in [0.05, 0.1) is 5.56 Å². The zero-order valence-electron chi connectivity index (χ0n) is 10.7. The smallest absolute Gasteiger partial charge is 0.254 e. The van der Waals surface area contributed by atoms with Gasteiger partial charge in [-0.1, -0.05) is 13.8 Å². The van der Waals surface area contributed by atoms with Crippen LogP contribution in [-0.4, -0.2) is 17.9 Å². The van der Waals surface area contributed by atoms with Crippen LogP contribution >= 0.6 is 0 Å². The second kappa shape index (κ2) is 6.26. The Morgan fingerprint density at radius 2 is 1.95 bits per heavy atom. The van der Waals surface area contributed by atoms with E-state index in [0.717, 1.165) is 12.1 Å². The second-order valence-corrected chi connectivity index (χ2v) is 4.68. The van der Waals surface area contributed by atoms with Crippen molar-refractivity contribution in [2.45, 2.75) is 26.3 Å². The Morgan fingerprint density at radius 1 is 1.32 bits per heavy atom. The minimum atomic E-state index is -0.981. The van der Waals surface area contributed by atoms with Gasteiger partial charge in [0.15, 0.2) is 0 Å². The summed E-state index contributed by atoms with van der Waals surface area (Å²) in [5.74, 6) is -3.10. The predicted molar refractivity (Wildman–Crippen MR) is 66.3 cm³/mol. The Hall–Kier alpha value is -1.98. The molecule has 0 bridgehead atoms. The van der Waals surface area contributed by atoms with Gasteiger partial charge in [0.1, 0.15) is 17.7 Å². The predicted octanol–water partition coefficient (Wildman–Crippen LogP) is 1.59. The van der Waals surface area contributed by atoms with Crippen LogP contribution in [0.2, 0.25) is 0 Å². The molecule has 0 unspecified atom stereocenters. The van der Waals surface area contributed by atoms with Gasteiger partial charge in [0.2, 0.25) is 5.91 Å². The third kappa shape index (κ3) is 4.31. The molecule has 0 aromatic heterocycles. The summed E-state index contributed by atoms with van der Waals surface area (Å²) in [4.78, 5) is 23.0. The highest BCUT2D eigenvalue weighted by Gasteiger charge is 2.21. The lowest BCUT2D eigenvalue weighted by molar-refractivity contribution is -0.120. The summed E-state index contributed by atoms with van der Waals surface area (Å²) in [5, 5.41) is 2.35. The molecule has 0 saturated carbocycles. The van der Waals surface area contributed by atoms with E-state index in [2.05, 4.69) is 5.32 Å². The van der Waals surface area contributed by atoms with Crippen LogP contribution in [0.25, 0.3) is 0 Å². The van der Waals surface area contributed by atoms with Crippen molar-refractivity contribution in [3.05, 3.63) is 35.4 Å². The van der Waals surface area contributed by atoms with Gasteiger partial charge in [-0.15, -0.1) is 0 Å². The van der Waals surface area contributed by atoms with Crippen LogP contribution in [0.3, 0.4) is 0 Å². The van der Waals surface area contributed by atoms with Crippen molar-refractivity contribution in [3.8, 4) is 0 Å². The molecule has 1 atom stereocenters. The molecule has 0 aliphatic carbocycles. The molecule has 4 nitrogen and oxygen atoms in total. The minimum absolute atomic E-state index is 0.135. The van der Waals surface area contributed by atoms with E-state index in [-0.39, 0.29) is 11.5 Å². The summed E-state index contributed by atoms with van der Waals surface area (Å²) in [6.07, 6.45) is 0.351. The lowest BCUT2D eigenvalue weighted by Gasteiger charge is -2.17. The molecule has 0 radical (unpaired) electrons. The fourth-order valence-electron chi connectivity index (χ4n) is 1.63. The van der Waals surface area contributed by atoms with Crippen molar-refractivity contribution in [2.24, 2.45) is 11.7 Å². The Balaban J connectivity index is 2.84. The summed E-state index contributed by atoms with van der Waals surface area (Å²) in [7, 11) is 0. The highest BCUT2D eigenvalue weighted by atomic mass is 19.1. The molecule has 2 amide bonds. The molecule has 19 heavy (non-hydrogen) atoms. The van der Waals surface area contributed by atoms with Crippen LogP contribution in [0.15, 0.2) is 18.2 Å². The third-order valence-electron chi connectivity index (χ3n) is 2.53. The number of primary amides is 1. The zero-order chi connectivity index (χ0) is 14.6. The van der Waals surface area contributed by atoms with Crippen LogP contribution < -0.4 is 11.1 Å². The molecule has 3 N–H and O–H groups in total. The van der Waals surface area contributed by atoms with Gasteiger partial charge in [-0.2, -0.15) is 0 Å². The highest BCUT2D eigenvalue weighted by Crippen LogP contribution is 2.11. The lowest BCUT2D eigenvalue weighted by atomic mass is 10.0. The van der Waals surface area contributed by atoms with Crippen molar-refractivity contribution in [3.63, 3.8) is 0 Å². The fraction of sp³-hybridized carbons (Fsp3) is 0.385. The van der Waals surface area contributed by atoms with Gasteiger partial charge in [-0.25, -0.2) is 8.78 Å². The van der Waals surface area contributed by atoms with E-state index in [4.69, 9.17) is 5.73 Å². The van der Waals surface area contributed by atoms with Crippen LogP contribution in [0, 0.1) is 17.6 Å². The van der Waals surface area contributed by atoms with Crippen molar-refractivity contribution in [1.29, 1.82) is 0 Å². The van der Waals surface area contributed by atoms with Crippen molar-refractivity contribution >= 4 is 11.8 Å². The number of carbonyl (C=O) groups excluding carboxylic acids is 2. The zero-order valence-corrected chi connectivity index (χ0v) is 10.7. The molecule has 0 aliphatic rings. The number of nitrogens with two attached hydrogens (primary N) is 1. The number of nitrogens with one attached hydrogen (secondary N) is 1. The Morgan fingerprint density at radius 3 is 2.42 bits per heavy atom. The molecule has 1 rings (SSSR count). The van der Waals surface area contributed by atoms with Crippen molar-refractivity contribution in [2.75, 3.05) is 0 Å². The van der Waals surface area contributed by atoms with E-state index in [1.54, 1.807) is 0 Å². The first-order valence-electron chi connectivity index (χ1n) is 5.86. The molecule has 104 valence electrons. The molecule has 0 aliphatic heterocycles. The number of benzene rings is 1. The number of carbonyl (C=O) groups is 2. The monoisotopic (exact) mass is 270 g/mol. The fourth-order valence-corrected chi connectivity index (χ4v) is 1.63. The largest absolute Gasteiger partial charge is 0.368 e. The minimum Gasteiger partial charge on any atom is -0.368 e. The Kier molecular flexibility index (Phi) is 4.97. The van der Waals surface area contributed by atoms with Gasteiger partial charge < -0.3 is 11.1 Å². The van der Waals surface area contributed by atoms with Gasteiger partial charge in [0.25, 0.3) is 5.91 Å².